The summed E-state index contributed by atoms with van der Waals surface area (Å²) in [5.74, 6) is 3.82. The summed E-state index contributed by atoms with van der Waals surface area (Å²) in [5.41, 5.74) is 15.0. The maximum absolute atomic E-state index is 6.98. The van der Waals surface area contributed by atoms with Crippen LogP contribution in [0.5, 0.6) is 11.5 Å². The van der Waals surface area contributed by atoms with E-state index in [-0.39, 0.29) is 0 Å². The van der Waals surface area contributed by atoms with Gasteiger partial charge in [-0.3, -0.25) is 0 Å². The molecule has 0 unspecified atom stereocenters. The molecule has 0 atom stereocenters. The molecule has 4 nitrogen and oxygen atoms in total. The zero-order chi connectivity index (χ0) is 41.9. The van der Waals surface area contributed by atoms with Gasteiger partial charge in [-0.2, -0.15) is 0 Å². The lowest BCUT2D eigenvalue weighted by Crippen LogP contribution is -2.51. The van der Waals surface area contributed by atoms with Gasteiger partial charge in [-0.25, -0.2) is 15.0 Å². The summed E-state index contributed by atoms with van der Waals surface area (Å²) in [7, 11) is -2.43. The Morgan fingerprint density at radius 2 is 0.873 bits per heavy atom. The molecule has 1 aromatic heterocycles. The fourth-order valence-corrected chi connectivity index (χ4v) is 15.0. The van der Waals surface area contributed by atoms with Gasteiger partial charge in [0.1, 0.15) is 19.6 Å². The molecule has 0 amide bonds. The minimum absolute atomic E-state index is 0.498. The van der Waals surface area contributed by atoms with Gasteiger partial charge in [0.2, 0.25) is 0 Å². The van der Waals surface area contributed by atoms with E-state index >= 15 is 0 Å². The molecule has 0 fully saturated rings. The third-order valence-corrected chi connectivity index (χ3v) is 17.3. The SMILES string of the molecule is C[Si]1(C)c2c(-c3ccc4c(c3)Oc3ccccc3C43c4ccccc4-c4ccccc43)cccc2-c2cccc(-c3nc(-c4ccccc4)nc(-c4cccc5ccccc45)n3)c21. The fraction of sp³-hybridized carbons (Fsp3) is 0.0517. The van der Waals surface area contributed by atoms with Gasteiger partial charge in [0, 0.05) is 27.8 Å². The van der Waals surface area contributed by atoms with Gasteiger partial charge in [-0.05, 0) is 77.8 Å². The molecule has 0 saturated carbocycles. The number of fused-ring (bicyclic) bond motifs is 13. The standard InChI is InChI=1S/C58H39N3OSi/c1-63(2)53-40(38-33-34-50-52(35-38)62-51-32-13-12-31-49(51)58(50)47-29-10-8-22-41(47)42-23-9-11-30-48(42)58)24-15-25-43(53)44-26-16-28-46(54(44)63)57-60-55(37-18-4-3-5-19-37)59-56(61-57)45-27-14-20-36-17-6-7-21-39(36)45/h3-35H,1-2H3. The van der Waals surface area contributed by atoms with E-state index in [2.05, 4.69) is 195 Å². The van der Waals surface area contributed by atoms with Gasteiger partial charge in [0.25, 0.3) is 0 Å². The Kier molecular flexibility index (Phi) is 7.64. The third-order valence-electron chi connectivity index (χ3n) is 13.8. The molecule has 13 rings (SSSR count). The molecule has 3 heterocycles. The maximum atomic E-state index is 6.98. The summed E-state index contributed by atoms with van der Waals surface area (Å²) in [4.78, 5) is 15.8. The van der Waals surface area contributed by atoms with Crippen molar-refractivity contribution in [2.75, 3.05) is 0 Å². The molecule has 0 radical (unpaired) electrons. The number of ether oxygens (including phenoxy) is 1. The molecule has 0 N–H and O–H groups in total. The predicted molar refractivity (Wildman–Crippen MR) is 259 cm³/mol. The number of aromatic nitrogens is 3. The van der Waals surface area contributed by atoms with Crippen LogP contribution in [0.3, 0.4) is 0 Å². The second-order valence-electron chi connectivity index (χ2n) is 17.4. The fourth-order valence-electron chi connectivity index (χ4n) is 11.2. The van der Waals surface area contributed by atoms with E-state index in [9.17, 15) is 0 Å². The summed E-state index contributed by atoms with van der Waals surface area (Å²) in [5, 5.41) is 5.04. The number of para-hydroxylation sites is 1. The first-order valence-electron chi connectivity index (χ1n) is 21.7. The lowest BCUT2D eigenvalue weighted by atomic mass is 9.66. The van der Waals surface area contributed by atoms with Gasteiger partial charge in [0.05, 0.1) is 5.41 Å². The molecule has 9 aromatic carbocycles. The number of hydrogen-bond acceptors (Lipinski definition) is 4. The molecule has 0 saturated heterocycles. The van der Waals surface area contributed by atoms with Crippen LogP contribution in [0, 0.1) is 0 Å². The monoisotopic (exact) mass is 821 g/mol. The minimum atomic E-state index is -2.43. The lowest BCUT2D eigenvalue weighted by molar-refractivity contribution is 0.436. The second-order valence-corrected chi connectivity index (χ2v) is 21.7. The average molecular weight is 822 g/mol. The Morgan fingerprint density at radius 1 is 0.365 bits per heavy atom. The molecular formula is C58H39N3OSi. The van der Waals surface area contributed by atoms with Crippen LogP contribution in [0.4, 0.5) is 0 Å². The maximum Gasteiger partial charge on any atom is 0.164 e. The highest BCUT2D eigenvalue weighted by molar-refractivity contribution is 7.05. The van der Waals surface area contributed by atoms with E-state index in [1.165, 1.54) is 60.4 Å². The molecule has 296 valence electrons. The molecule has 1 aliphatic carbocycles. The molecule has 5 heteroatoms. The van der Waals surface area contributed by atoms with Crippen LogP contribution < -0.4 is 15.1 Å². The third kappa shape index (κ3) is 5.05. The Labute approximate surface area is 367 Å². The van der Waals surface area contributed by atoms with Crippen LogP contribution in [0.15, 0.2) is 200 Å². The first-order valence-corrected chi connectivity index (χ1v) is 24.7. The van der Waals surface area contributed by atoms with E-state index in [0.29, 0.717) is 17.5 Å². The molecular weight excluding hydrogens is 783 g/mol. The van der Waals surface area contributed by atoms with Crippen molar-refractivity contribution < 1.29 is 4.74 Å². The predicted octanol–water partition coefficient (Wildman–Crippen LogP) is 13.0. The van der Waals surface area contributed by atoms with Crippen molar-refractivity contribution in [1.82, 2.24) is 15.0 Å². The lowest BCUT2D eigenvalue weighted by Gasteiger charge is -2.39. The van der Waals surface area contributed by atoms with Crippen molar-refractivity contribution >= 4 is 29.2 Å². The van der Waals surface area contributed by atoms with Crippen LogP contribution >= 0.6 is 0 Å². The van der Waals surface area contributed by atoms with E-state index < -0.39 is 13.5 Å². The van der Waals surface area contributed by atoms with Crippen molar-refractivity contribution in [2.24, 2.45) is 0 Å². The number of rotatable bonds is 4. The Bertz CT molecular complexity index is 3490. The van der Waals surface area contributed by atoms with Gasteiger partial charge in [0.15, 0.2) is 17.5 Å². The highest BCUT2D eigenvalue weighted by atomic mass is 28.3. The molecule has 1 spiro atoms. The van der Waals surface area contributed by atoms with Crippen LogP contribution in [0.25, 0.3) is 78.3 Å². The topological polar surface area (TPSA) is 47.9 Å². The van der Waals surface area contributed by atoms with Gasteiger partial charge in [-0.1, -0.05) is 201 Å². The number of benzene rings is 9. The zero-order valence-electron chi connectivity index (χ0n) is 34.8. The number of nitrogens with zero attached hydrogens (tertiary/aromatic N) is 3. The van der Waals surface area contributed by atoms with E-state index in [1.807, 2.05) is 18.2 Å². The first kappa shape index (κ1) is 36.0. The van der Waals surface area contributed by atoms with Gasteiger partial charge in [-0.15, -0.1) is 0 Å². The van der Waals surface area contributed by atoms with E-state index in [4.69, 9.17) is 19.7 Å². The average Bonchev–Trinajstić information content (AvgIpc) is 3.77. The molecule has 10 aromatic rings. The molecule has 2 aliphatic heterocycles. The van der Waals surface area contributed by atoms with Crippen molar-refractivity contribution in [3.63, 3.8) is 0 Å². The van der Waals surface area contributed by atoms with Crippen LogP contribution in [0.1, 0.15) is 22.3 Å². The Hall–Kier alpha value is -7.73. The summed E-state index contributed by atoms with van der Waals surface area (Å²) in [6, 6.07) is 72.0. The van der Waals surface area contributed by atoms with E-state index in [1.54, 1.807) is 0 Å². The number of hydrogen-bond donors (Lipinski definition) is 0. The second kappa shape index (κ2) is 13.4. The van der Waals surface area contributed by atoms with Crippen molar-refractivity contribution in [2.45, 2.75) is 18.5 Å². The largest absolute Gasteiger partial charge is 0.457 e. The first-order chi connectivity index (χ1) is 31.0. The zero-order valence-corrected chi connectivity index (χ0v) is 35.8. The van der Waals surface area contributed by atoms with Crippen molar-refractivity contribution in [3.8, 4) is 79.0 Å². The van der Waals surface area contributed by atoms with E-state index in [0.717, 1.165) is 44.5 Å². The highest BCUT2D eigenvalue weighted by Crippen LogP contribution is 2.62. The quantitative estimate of drug-likeness (QED) is 0.166. The Morgan fingerprint density at radius 3 is 1.63 bits per heavy atom. The minimum Gasteiger partial charge on any atom is -0.457 e. The highest BCUT2D eigenvalue weighted by Gasteiger charge is 2.51. The van der Waals surface area contributed by atoms with Gasteiger partial charge < -0.3 is 4.74 Å². The molecule has 3 aliphatic rings. The smallest absolute Gasteiger partial charge is 0.164 e. The van der Waals surface area contributed by atoms with Crippen molar-refractivity contribution in [1.29, 1.82) is 0 Å². The Balaban J connectivity index is 0.983. The summed E-state index contributed by atoms with van der Waals surface area (Å²) >= 11 is 0. The summed E-state index contributed by atoms with van der Waals surface area (Å²) in [6.45, 7) is 4.98. The van der Waals surface area contributed by atoms with Crippen LogP contribution in [-0.2, 0) is 5.41 Å². The van der Waals surface area contributed by atoms with Crippen LogP contribution in [0.2, 0.25) is 13.1 Å². The summed E-state index contributed by atoms with van der Waals surface area (Å²) in [6.07, 6.45) is 0. The molecule has 0 bridgehead atoms. The normalized spacial score (nSPS) is 14.3. The van der Waals surface area contributed by atoms with Crippen LogP contribution in [-0.4, -0.2) is 23.0 Å². The van der Waals surface area contributed by atoms with Crippen molar-refractivity contribution in [3.05, 3.63) is 222 Å². The molecule has 63 heavy (non-hydrogen) atoms. The van der Waals surface area contributed by atoms with Gasteiger partial charge >= 0.3 is 0 Å². The summed E-state index contributed by atoms with van der Waals surface area (Å²) < 4.78 is 6.98.